The molecule has 1 aliphatic carbocycles. The van der Waals surface area contributed by atoms with Crippen molar-refractivity contribution >= 4 is 46.1 Å². The number of aryl methyl sites for hydroxylation is 1. The minimum absolute atomic E-state index is 0.0575. The number of nitrogens with zero attached hydrogens (tertiary/aromatic N) is 4. The standard InChI is InChI=1S/C31H19ClN4O6S/c32-25-12-9-20(36(40)41)15-24(25)26-13-10-21(42-26)16-27-30(37)34-29(18-5-3-6-19(14-18)35(38)39)23-11-8-17-4-1-2-7-22(17)28(23)33-31(34)43-27/h1-7,9-10,12-16,29H,8,11H2/b27-16+/t29-/m1/s1. The van der Waals surface area contributed by atoms with Gasteiger partial charge >= 0.3 is 0 Å². The molecular formula is C31H19ClN4O6S. The number of hydrogen-bond acceptors (Lipinski definition) is 8. The topological polar surface area (TPSA) is 134 Å². The lowest BCUT2D eigenvalue weighted by Gasteiger charge is -2.30. The molecule has 0 N–H and O–H groups in total. The predicted octanol–water partition coefficient (Wildman–Crippen LogP) is 6.05. The third-order valence-corrected chi connectivity index (χ3v) is 8.91. The quantitative estimate of drug-likeness (QED) is 0.176. The zero-order valence-corrected chi connectivity index (χ0v) is 23.7. The number of benzene rings is 3. The van der Waals surface area contributed by atoms with E-state index in [1.54, 1.807) is 34.9 Å². The van der Waals surface area contributed by atoms with Gasteiger partial charge in [-0.3, -0.25) is 29.6 Å². The van der Waals surface area contributed by atoms with Gasteiger partial charge in [-0.25, -0.2) is 4.99 Å². The molecule has 0 spiro atoms. The van der Waals surface area contributed by atoms with E-state index in [9.17, 15) is 25.0 Å². The van der Waals surface area contributed by atoms with Gasteiger partial charge in [-0.1, -0.05) is 59.3 Å². The van der Waals surface area contributed by atoms with Crippen molar-refractivity contribution in [2.45, 2.75) is 18.9 Å². The fourth-order valence-electron chi connectivity index (χ4n) is 5.65. The van der Waals surface area contributed by atoms with Crippen LogP contribution in [0.2, 0.25) is 5.02 Å². The number of furan rings is 1. The minimum Gasteiger partial charge on any atom is -0.457 e. The van der Waals surface area contributed by atoms with E-state index in [1.807, 2.05) is 18.2 Å². The first-order valence-electron chi connectivity index (χ1n) is 13.2. The van der Waals surface area contributed by atoms with E-state index in [0.717, 1.165) is 28.8 Å². The summed E-state index contributed by atoms with van der Waals surface area (Å²) >= 11 is 7.49. The van der Waals surface area contributed by atoms with Crippen LogP contribution in [0, 0.1) is 20.2 Å². The monoisotopic (exact) mass is 610 g/mol. The molecular weight excluding hydrogens is 592 g/mol. The molecule has 43 heavy (non-hydrogen) atoms. The summed E-state index contributed by atoms with van der Waals surface area (Å²) in [6.07, 6.45) is 3.01. The van der Waals surface area contributed by atoms with Crippen LogP contribution in [0.5, 0.6) is 0 Å². The molecule has 0 amide bonds. The highest BCUT2D eigenvalue weighted by Crippen LogP contribution is 2.41. The van der Waals surface area contributed by atoms with Crippen LogP contribution in [0.1, 0.15) is 34.9 Å². The Morgan fingerprint density at radius 1 is 0.930 bits per heavy atom. The largest absolute Gasteiger partial charge is 0.457 e. The maximum Gasteiger partial charge on any atom is 0.271 e. The Morgan fingerprint density at radius 2 is 1.72 bits per heavy atom. The summed E-state index contributed by atoms with van der Waals surface area (Å²) in [4.78, 5) is 41.3. The SMILES string of the molecule is O=c1/c(=C\c2ccc(-c3cc([N+](=O)[O-])ccc3Cl)o2)sc2n1[C@H](c1cccc([N+](=O)[O-])c1)C1=C(N=2)c2ccccc2CC1. The Kier molecular flexibility index (Phi) is 6.41. The smallest absolute Gasteiger partial charge is 0.271 e. The third-order valence-electron chi connectivity index (χ3n) is 7.60. The van der Waals surface area contributed by atoms with Crippen molar-refractivity contribution in [1.82, 2.24) is 4.57 Å². The summed E-state index contributed by atoms with van der Waals surface area (Å²) in [5, 5.41) is 23.2. The molecule has 0 fully saturated rings. The first kappa shape index (κ1) is 26.7. The van der Waals surface area contributed by atoms with E-state index in [0.29, 0.717) is 38.4 Å². The number of fused-ring (bicyclic) bond motifs is 3. The summed E-state index contributed by atoms with van der Waals surface area (Å²) in [7, 11) is 0. The van der Waals surface area contributed by atoms with Crippen LogP contribution in [-0.4, -0.2) is 14.4 Å². The van der Waals surface area contributed by atoms with Gasteiger partial charge < -0.3 is 4.42 Å². The molecule has 3 heterocycles. The highest BCUT2D eigenvalue weighted by molar-refractivity contribution is 7.07. The Bertz CT molecular complexity index is 2210. The Balaban J connectivity index is 1.39. The summed E-state index contributed by atoms with van der Waals surface area (Å²) in [5.41, 5.74) is 4.35. The van der Waals surface area contributed by atoms with Crippen LogP contribution < -0.4 is 14.9 Å². The molecule has 212 valence electrons. The third kappa shape index (κ3) is 4.59. The average Bonchev–Trinajstić information content (AvgIpc) is 3.60. The second kappa shape index (κ2) is 10.3. The van der Waals surface area contributed by atoms with Gasteiger partial charge in [0, 0.05) is 41.5 Å². The Morgan fingerprint density at radius 3 is 2.53 bits per heavy atom. The number of nitro groups is 2. The molecule has 3 aromatic carbocycles. The molecule has 0 unspecified atom stereocenters. The maximum absolute atomic E-state index is 14.0. The first-order valence-corrected chi connectivity index (χ1v) is 14.4. The molecule has 0 bridgehead atoms. The molecule has 2 aliphatic rings. The Hall–Kier alpha value is -5.13. The summed E-state index contributed by atoms with van der Waals surface area (Å²) in [5.74, 6) is 0.665. The lowest BCUT2D eigenvalue weighted by atomic mass is 9.83. The van der Waals surface area contributed by atoms with Crippen LogP contribution in [-0.2, 0) is 6.42 Å². The number of thiazole rings is 1. The molecule has 5 aromatic rings. The highest BCUT2D eigenvalue weighted by Gasteiger charge is 2.33. The number of non-ortho nitro benzene ring substituents is 2. The molecule has 10 nitrogen and oxygen atoms in total. The van der Waals surface area contributed by atoms with Crippen LogP contribution in [0.15, 0.2) is 98.6 Å². The average molecular weight is 611 g/mol. The molecule has 2 aromatic heterocycles. The van der Waals surface area contributed by atoms with Crippen molar-refractivity contribution in [3.63, 3.8) is 0 Å². The van der Waals surface area contributed by atoms with Gasteiger partial charge in [0.2, 0.25) is 0 Å². The summed E-state index contributed by atoms with van der Waals surface area (Å²) < 4.78 is 7.91. The lowest BCUT2D eigenvalue weighted by Crippen LogP contribution is -2.38. The molecule has 1 aliphatic heterocycles. The molecule has 7 rings (SSSR count). The van der Waals surface area contributed by atoms with Gasteiger partial charge in [0.05, 0.1) is 31.1 Å². The zero-order valence-electron chi connectivity index (χ0n) is 22.1. The normalized spacial score (nSPS) is 15.8. The van der Waals surface area contributed by atoms with Gasteiger partial charge in [-0.2, -0.15) is 0 Å². The maximum atomic E-state index is 14.0. The van der Waals surface area contributed by atoms with Crippen LogP contribution in [0.4, 0.5) is 11.4 Å². The van der Waals surface area contributed by atoms with Gasteiger partial charge in [0.1, 0.15) is 11.5 Å². The fraction of sp³-hybridized carbons (Fsp3) is 0.0968. The second-order valence-electron chi connectivity index (χ2n) is 10.1. The molecule has 1 atom stereocenters. The van der Waals surface area contributed by atoms with Crippen molar-refractivity contribution in [3.8, 4) is 11.3 Å². The number of hydrogen-bond donors (Lipinski definition) is 0. The van der Waals surface area contributed by atoms with E-state index in [-0.39, 0.29) is 22.0 Å². The minimum atomic E-state index is -0.572. The van der Waals surface area contributed by atoms with E-state index < -0.39 is 15.9 Å². The number of nitro benzene ring substituents is 2. The molecule has 0 saturated carbocycles. The van der Waals surface area contributed by atoms with Crippen LogP contribution in [0.25, 0.3) is 23.1 Å². The van der Waals surface area contributed by atoms with Crippen LogP contribution >= 0.6 is 22.9 Å². The van der Waals surface area contributed by atoms with E-state index in [4.69, 9.17) is 21.0 Å². The van der Waals surface area contributed by atoms with Crippen molar-refractivity contribution in [2.24, 2.45) is 4.99 Å². The summed E-state index contributed by atoms with van der Waals surface area (Å²) in [6, 6.07) is 21.2. The van der Waals surface area contributed by atoms with Crippen molar-refractivity contribution < 1.29 is 14.3 Å². The Labute approximate surface area is 251 Å². The van der Waals surface area contributed by atoms with Crippen molar-refractivity contribution in [3.05, 3.63) is 152 Å². The molecule has 0 radical (unpaired) electrons. The highest BCUT2D eigenvalue weighted by atomic mass is 35.5. The zero-order chi connectivity index (χ0) is 29.8. The van der Waals surface area contributed by atoms with Gasteiger partial charge in [-0.15, -0.1) is 0 Å². The lowest BCUT2D eigenvalue weighted by molar-refractivity contribution is -0.385. The second-order valence-corrected chi connectivity index (χ2v) is 11.5. The fourth-order valence-corrected chi connectivity index (χ4v) is 6.84. The van der Waals surface area contributed by atoms with Crippen molar-refractivity contribution in [1.29, 1.82) is 0 Å². The predicted molar refractivity (Wildman–Crippen MR) is 162 cm³/mol. The van der Waals surface area contributed by atoms with Crippen molar-refractivity contribution in [2.75, 3.05) is 0 Å². The molecule has 0 saturated heterocycles. The molecule has 12 heteroatoms. The number of aromatic nitrogens is 1. The van der Waals surface area contributed by atoms with Gasteiger partial charge in [0.15, 0.2) is 4.80 Å². The van der Waals surface area contributed by atoms with Crippen LogP contribution in [0.3, 0.4) is 0 Å². The number of halogens is 1. The van der Waals surface area contributed by atoms with E-state index in [1.165, 1.54) is 41.7 Å². The van der Waals surface area contributed by atoms with Gasteiger partial charge in [0.25, 0.3) is 16.9 Å². The number of rotatable bonds is 5. The van der Waals surface area contributed by atoms with Gasteiger partial charge in [-0.05, 0) is 47.7 Å². The van der Waals surface area contributed by atoms with E-state index >= 15 is 0 Å². The summed E-state index contributed by atoms with van der Waals surface area (Å²) in [6.45, 7) is 0. The number of allylic oxidation sites excluding steroid dienone is 1. The first-order chi connectivity index (χ1) is 20.8. The van der Waals surface area contributed by atoms with E-state index in [2.05, 4.69) is 6.07 Å².